The highest BCUT2D eigenvalue weighted by Crippen LogP contribution is 2.62. The fourth-order valence-corrected chi connectivity index (χ4v) is 16.3. The molecular formula is C59H67BN2. The molecule has 5 aromatic rings. The Morgan fingerprint density at radius 2 is 0.984 bits per heavy atom. The Kier molecular flexibility index (Phi) is 8.12. The van der Waals surface area contributed by atoms with Crippen LogP contribution in [-0.2, 0) is 21.7 Å². The summed E-state index contributed by atoms with van der Waals surface area (Å²) in [5, 5.41) is 0. The van der Waals surface area contributed by atoms with Crippen LogP contribution in [0, 0.1) is 35.5 Å². The summed E-state index contributed by atoms with van der Waals surface area (Å²) in [5.74, 6) is 5.58. The lowest BCUT2D eigenvalue weighted by molar-refractivity contribution is -0.00518. The standard InChI is InChI=1S/C59H67BN2/c1-56(2,3)43-13-19-47(20-14-43)61-51-23-17-45(57(4,5)6)29-49(51)60-50-30-46(59-31-37-9-7-10-41(35-59)42(28-37)36-59)18-24-52(50)62(54-12-8-11-53(61)55(54)60)48-21-15-44(16-22-48)58-32-38-25-39(33-58)27-40(26-38)34-58/h8,11-24,29-30,37-42H,7,9-10,25-28,31-36H2,1-6H3. The molecule has 7 aliphatic carbocycles. The van der Waals surface area contributed by atoms with Crippen molar-refractivity contribution in [1.82, 2.24) is 0 Å². The average molecular weight is 815 g/mol. The molecule has 2 aliphatic heterocycles. The van der Waals surface area contributed by atoms with Crippen LogP contribution in [0.5, 0.6) is 0 Å². The molecule has 3 heteroatoms. The molecule has 7 fully saturated rings. The Balaban J connectivity index is 1.01. The summed E-state index contributed by atoms with van der Waals surface area (Å²) in [4.78, 5) is 5.29. The molecule has 0 radical (unpaired) electrons. The first kappa shape index (κ1) is 38.2. The van der Waals surface area contributed by atoms with E-state index >= 15 is 0 Å². The molecule has 62 heavy (non-hydrogen) atoms. The normalized spacial score (nSPS) is 31.2. The Bertz CT molecular complexity index is 2570. The highest BCUT2D eigenvalue weighted by atomic mass is 15.2. The fraction of sp³-hybridized carbons (Fsp3) is 0.492. The van der Waals surface area contributed by atoms with Gasteiger partial charge in [-0.15, -0.1) is 0 Å². The zero-order valence-electron chi connectivity index (χ0n) is 38.4. The monoisotopic (exact) mass is 815 g/mol. The van der Waals surface area contributed by atoms with E-state index in [9.17, 15) is 0 Å². The van der Waals surface area contributed by atoms with Gasteiger partial charge in [-0.3, -0.25) is 0 Å². The van der Waals surface area contributed by atoms with E-state index in [-0.39, 0.29) is 17.5 Å². The minimum absolute atomic E-state index is 0.0372. The van der Waals surface area contributed by atoms with Crippen LogP contribution in [0.25, 0.3) is 0 Å². The second-order valence-corrected chi connectivity index (χ2v) is 24.6. The summed E-state index contributed by atoms with van der Waals surface area (Å²) < 4.78 is 0. The van der Waals surface area contributed by atoms with Crippen LogP contribution in [-0.4, -0.2) is 6.71 Å². The summed E-state index contributed by atoms with van der Waals surface area (Å²) in [5.41, 5.74) is 19.2. The molecule has 2 heterocycles. The first-order valence-electron chi connectivity index (χ1n) is 25.1. The maximum atomic E-state index is 2.78. The van der Waals surface area contributed by atoms with Gasteiger partial charge in [-0.2, -0.15) is 0 Å². The van der Waals surface area contributed by atoms with E-state index in [2.05, 4.69) is 154 Å². The molecule has 5 aromatic carbocycles. The molecule has 4 unspecified atom stereocenters. The van der Waals surface area contributed by atoms with E-state index < -0.39 is 0 Å². The summed E-state index contributed by atoms with van der Waals surface area (Å²) in [6, 6.07) is 42.4. The van der Waals surface area contributed by atoms with Crippen molar-refractivity contribution < 1.29 is 0 Å². The lowest BCUT2D eigenvalue weighted by Gasteiger charge is -2.57. The van der Waals surface area contributed by atoms with Crippen molar-refractivity contribution in [2.45, 2.75) is 147 Å². The molecular weight excluding hydrogens is 747 g/mol. The summed E-state index contributed by atoms with van der Waals surface area (Å²) in [7, 11) is 0. The van der Waals surface area contributed by atoms with E-state index in [1.807, 2.05) is 0 Å². The van der Waals surface area contributed by atoms with Crippen LogP contribution < -0.4 is 26.2 Å². The van der Waals surface area contributed by atoms with E-state index in [0.29, 0.717) is 10.8 Å². The highest BCUT2D eigenvalue weighted by Gasteiger charge is 2.54. The lowest BCUT2D eigenvalue weighted by Crippen LogP contribution is -2.61. The average Bonchev–Trinajstić information content (AvgIpc) is 3.42. The number of fused-ring (bicyclic) bond motifs is 6. The SMILES string of the molecule is CC(C)(C)c1ccc(N2c3ccc(C(C)(C)C)cc3B3c4cc(C56CC7CCCC(C5)C(C7)C6)ccc4N(c4ccc(C56CC7CC(CC(C7)C5)C6)cc4)c4cccc2c43)cc1. The van der Waals surface area contributed by atoms with E-state index in [1.165, 1.54) is 145 Å². The molecule has 316 valence electrons. The minimum Gasteiger partial charge on any atom is -0.311 e. The summed E-state index contributed by atoms with van der Waals surface area (Å²) >= 11 is 0. The Morgan fingerprint density at radius 1 is 0.468 bits per heavy atom. The largest absolute Gasteiger partial charge is 0.311 e. The molecule has 0 spiro atoms. The van der Waals surface area contributed by atoms with Crippen molar-refractivity contribution in [2.24, 2.45) is 35.5 Å². The van der Waals surface area contributed by atoms with Gasteiger partial charge in [-0.1, -0.05) is 115 Å². The Labute approximate surface area is 373 Å². The van der Waals surface area contributed by atoms with Gasteiger partial charge >= 0.3 is 0 Å². The van der Waals surface area contributed by atoms with Gasteiger partial charge in [-0.25, -0.2) is 0 Å². The molecule has 2 nitrogen and oxygen atoms in total. The van der Waals surface area contributed by atoms with Crippen molar-refractivity contribution in [3.63, 3.8) is 0 Å². The maximum absolute atomic E-state index is 2.78. The third kappa shape index (κ3) is 5.67. The van der Waals surface area contributed by atoms with Crippen LogP contribution in [0.15, 0.2) is 103 Å². The second-order valence-electron chi connectivity index (χ2n) is 24.6. The van der Waals surface area contributed by atoms with Crippen molar-refractivity contribution in [3.05, 3.63) is 125 Å². The van der Waals surface area contributed by atoms with Crippen LogP contribution in [0.4, 0.5) is 34.1 Å². The lowest BCUT2D eigenvalue weighted by atomic mass is 9.33. The number of nitrogens with zero attached hydrogens (tertiary/aromatic N) is 2. The fourth-order valence-electron chi connectivity index (χ4n) is 16.3. The van der Waals surface area contributed by atoms with Gasteiger partial charge in [0.05, 0.1) is 0 Å². The van der Waals surface area contributed by atoms with Crippen molar-refractivity contribution in [3.8, 4) is 0 Å². The topological polar surface area (TPSA) is 6.48 Å². The summed E-state index contributed by atoms with van der Waals surface area (Å²) in [6.45, 7) is 14.3. The smallest absolute Gasteiger partial charge is 0.252 e. The van der Waals surface area contributed by atoms with Gasteiger partial charge in [0.25, 0.3) is 6.71 Å². The number of hydrogen-bond donors (Lipinski definition) is 0. The van der Waals surface area contributed by atoms with Crippen molar-refractivity contribution >= 4 is 57.2 Å². The quantitative estimate of drug-likeness (QED) is 0.163. The molecule has 0 saturated heterocycles. The first-order chi connectivity index (χ1) is 29.8. The van der Waals surface area contributed by atoms with Gasteiger partial charge in [0.2, 0.25) is 0 Å². The molecule has 7 bridgehead atoms. The van der Waals surface area contributed by atoms with Crippen LogP contribution in [0.1, 0.15) is 147 Å². The van der Waals surface area contributed by atoms with Crippen LogP contribution >= 0.6 is 0 Å². The van der Waals surface area contributed by atoms with E-state index in [4.69, 9.17) is 0 Å². The van der Waals surface area contributed by atoms with Gasteiger partial charge in [0.15, 0.2) is 0 Å². The zero-order chi connectivity index (χ0) is 41.9. The molecule has 7 saturated carbocycles. The van der Waals surface area contributed by atoms with E-state index in [0.717, 1.165) is 35.5 Å². The van der Waals surface area contributed by atoms with E-state index in [1.54, 1.807) is 11.1 Å². The van der Waals surface area contributed by atoms with Gasteiger partial charge < -0.3 is 9.80 Å². The molecule has 0 amide bonds. The predicted octanol–water partition coefficient (Wildman–Crippen LogP) is 13.7. The first-order valence-corrected chi connectivity index (χ1v) is 25.1. The number of benzene rings is 5. The molecule has 4 atom stereocenters. The molecule has 0 aromatic heterocycles. The molecule has 9 aliphatic rings. The van der Waals surface area contributed by atoms with Gasteiger partial charge in [-0.05, 0) is 209 Å². The maximum Gasteiger partial charge on any atom is 0.252 e. The van der Waals surface area contributed by atoms with Gasteiger partial charge in [0, 0.05) is 34.1 Å². The Morgan fingerprint density at radius 3 is 1.61 bits per heavy atom. The van der Waals surface area contributed by atoms with Crippen LogP contribution in [0.3, 0.4) is 0 Å². The minimum atomic E-state index is 0.0372. The predicted molar refractivity (Wildman–Crippen MR) is 262 cm³/mol. The molecule has 0 N–H and O–H groups in total. The van der Waals surface area contributed by atoms with Crippen molar-refractivity contribution in [2.75, 3.05) is 9.80 Å². The van der Waals surface area contributed by atoms with Gasteiger partial charge in [0.1, 0.15) is 0 Å². The summed E-state index contributed by atoms with van der Waals surface area (Å²) in [6.07, 6.45) is 18.7. The third-order valence-corrected chi connectivity index (χ3v) is 18.7. The zero-order valence-corrected chi connectivity index (χ0v) is 38.4. The number of anilines is 6. The Hall–Kier alpha value is -4.24. The number of hydrogen-bond acceptors (Lipinski definition) is 2. The molecule has 14 rings (SSSR count). The van der Waals surface area contributed by atoms with Crippen LogP contribution in [0.2, 0.25) is 0 Å². The highest BCUT2D eigenvalue weighted by molar-refractivity contribution is 7.00. The number of rotatable bonds is 4. The van der Waals surface area contributed by atoms with Crippen molar-refractivity contribution in [1.29, 1.82) is 0 Å². The second kappa shape index (κ2) is 13.2. The third-order valence-electron chi connectivity index (χ3n) is 18.7.